The minimum Gasteiger partial charge on any atom is -0.345 e. The van der Waals surface area contributed by atoms with Gasteiger partial charge in [-0.05, 0) is 27.6 Å². The molecule has 4 aromatic carbocycles. The van der Waals surface area contributed by atoms with Crippen molar-refractivity contribution < 1.29 is 26.2 Å². The number of rotatable bonds is 6. The first-order valence-electron chi connectivity index (χ1n) is 18.6. The molecule has 50 heavy (non-hydrogen) atoms. The molecule has 1 heterocycles. The predicted octanol–water partition coefficient (Wildman–Crippen LogP) is 9.75. The maximum absolute atomic E-state index is 4.42. The van der Waals surface area contributed by atoms with Crippen molar-refractivity contribution in [1.82, 2.24) is 9.97 Å². The third-order valence-corrected chi connectivity index (χ3v) is 10.5. The number of hydrogen-bond donors (Lipinski definition) is 0. The van der Waals surface area contributed by atoms with Crippen LogP contribution in [0.3, 0.4) is 0 Å². The van der Waals surface area contributed by atoms with E-state index in [1.165, 1.54) is 86.1 Å². The van der Waals surface area contributed by atoms with Gasteiger partial charge in [0.15, 0.2) is 0 Å². The van der Waals surface area contributed by atoms with Crippen LogP contribution >= 0.6 is 0 Å². The Hall–Kier alpha value is -3.14. The monoisotopic (exact) mass is 754 g/mol. The van der Waals surface area contributed by atoms with Crippen LogP contribution in [0.1, 0.15) is 81.3 Å². The summed E-state index contributed by atoms with van der Waals surface area (Å²) >= 11 is 0. The summed E-state index contributed by atoms with van der Waals surface area (Å²) in [5.74, 6) is 0. The van der Waals surface area contributed by atoms with Gasteiger partial charge in [0.1, 0.15) is 6.15 Å². The van der Waals surface area contributed by atoms with Crippen LogP contribution in [0.4, 0.5) is 0 Å². The van der Waals surface area contributed by atoms with E-state index in [2.05, 4.69) is 157 Å². The molecule has 0 radical (unpaired) electrons. The molecule has 0 N–H and O–H groups in total. The quantitative estimate of drug-likeness (QED) is 0.128. The molecule has 258 valence electrons. The Labute approximate surface area is 324 Å². The second kappa shape index (κ2) is 21.9. The first-order valence-corrected chi connectivity index (χ1v) is 22.1. The van der Waals surface area contributed by atoms with Crippen molar-refractivity contribution in [3.05, 3.63) is 150 Å². The molecule has 2 aliphatic carbocycles. The second-order valence-corrected chi connectivity index (χ2v) is 19.4. The summed E-state index contributed by atoms with van der Waals surface area (Å²) in [4.78, 5) is 8.68. The number of nitrogens with zero attached hydrogens (tertiary/aromatic N) is 2. The zero-order valence-corrected chi connectivity index (χ0v) is 34.7. The van der Waals surface area contributed by atoms with Crippen molar-refractivity contribution in [2.45, 2.75) is 97.7 Å². The summed E-state index contributed by atoms with van der Waals surface area (Å²) in [5.41, 5.74) is 11.7. The van der Waals surface area contributed by atoms with Gasteiger partial charge in [0.2, 0.25) is 0 Å². The van der Waals surface area contributed by atoms with E-state index in [1.807, 2.05) is 19.9 Å². The van der Waals surface area contributed by atoms with Gasteiger partial charge in [-0.3, -0.25) is 10.7 Å². The molecule has 2 aliphatic rings. The number of benzene rings is 4. The van der Waals surface area contributed by atoms with Crippen LogP contribution in [-0.4, -0.2) is 24.2 Å². The maximum atomic E-state index is 4.42. The molecule has 2 saturated carbocycles. The largest absolute Gasteiger partial charge is 2.00 e. The summed E-state index contributed by atoms with van der Waals surface area (Å²) < 4.78 is 0. The van der Waals surface area contributed by atoms with Gasteiger partial charge in [-0.15, -0.1) is 0 Å². The molecule has 0 spiro atoms. The van der Waals surface area contributed by atoms with E-state index >= 15 is 0 Å². The maximum Gasteiger partial charge on any atom is 2.00 e. The number of hydrogen-bond acceptors (Lipinski definition) is 2. The van der Waals surface area contributed by atoms with E-state index in [4.69, 9.17) is 0 Å². The summed E-state index contributed by atoms with van der Waals surface area (Å²) in [6.45, 7) is 10.7. The molecule has 1 aromatic heterocycles. The van der Waals surface area contributed by atoms with Gasteiger partial charge in [-0.2, -0.15) is 21.9 Å². The molecule has 0 aliphatic heterocycles. The number of aromatic nitrogens is 2. The molecule has 7 rings (SSSR count). The van der Waals surface area contributed by atoms with Crippen molar-refractivity contribution in [3.63, 3.8) is 0 Å². The summed E-state index contributed by atoms with van der Waals surface area (Å²) in [6, 6.07) is 43.5. The second-order valence-electron chi connectivity index (χ2n) is 14.6. The Bertz CT molecular complexity index is 1460. The normalized spacial score (nSPS) is 13.9. The average Bonchev–Trinajstić information content (AvgIpc) is 3.92. The van der Waals surface area contributed by atoms with Crippen LogP contribution in [0, 0.1) is 19.5 Å². The summed E-state index contributed by atoms with van der Waals surface area (Å²) in [5, 5.41) is 0. The van der Waals surface area contributed by atoms with E-state index < -0.39 is 14.2 Å². The first-order chi connectivity index (χ1) is 23.8. The molecule has 0 amide bonds. The van der Waals surface area contributed by atoms with Gasteiger partial charge in [-0.1, -0.05) is 211 Å². The third kappa shape index (κ3) is 12.9. The van der Waals surface area contributed by atoms with Crippen LogP contribution in [0.5, 0.6) is 0 Å². The molecule has 2 fully saturated rings. The van der Waals surface area contributed by atoms with Crippen molar-refractivity contribution in [1.29, 1.82) is 0 Å². The van der Waals surface area contributed by atoms with Gasteiger partial charge < -0.3 is 4.98 Å². The molecule has 5 heteroatoms. The Morgan fingerprint density at radius 2 is 0.820 bits per heavy atom. The van der Waals surface area contributed by atoms with Gasteiger partial charge in [0.05, 0.1) is 0 Å². The standard InChI is InChI=1S/C24H20B.C11H17N2Si.2C5H10.Zr/c1-5-13-21(14-6-1)25(22-15-7-2-8-16-22,23-17-9-3-10-18-23)24-19-11-4-12-20-24;1-9-8-12-10(2)11(13-9)6-7-14(3,4)5;2*1-2-4-5-3-1;/h1-20H;6,8H,1-5H3;2*1-5H2;/q2*-1;;;+2. The van der Waals surface area contributed by atoms with Crippen molar-refractivity contribution in [2.75, 3.05) is 0 Å². The van der Waals surface area contributed by atoms with Crippen LogP contribution in [0.15, 0.2) is 128 Å². The van der Waals surface area contributed by atoms with Crippen LogP contribution in [0.2, 0.25) is 19.6 Å². The fourth-order valence-corrected chi connectivity index (χ4v) is 7.44. The van der Waals surface area contributed by atoms with Crippen LogP contribution < -0.4 is 21.9 Å². The van der Waals surface area contributed by atoms with Gasteiger partial charge in [-0.25, -0.2) is 6.08 Å². The fourth-order valence-electron chi connectivity index (χ4n) is 6.87. The minimum atomic E-state index is -1.25. The summed E-state index contributed by atoms with van der Waals surface area (Å²) in [6.07, 6.45) is 17.6. The van der Waals surface area contributed by atoms with E-state index in [9.17, 15) is 0 Å². The topological polar surface area (TPSA) is 25.8 Å². The molecule has 0 saturated heterocycles. The Morgan fingerprint density at radius 3 is 1.10 bits per heavy atom. The molecule has 0 bridgehead atoms. The minimum absolute atomic E-state index is 0. The van der Waals surface area contributed by atoms with Crippen LogP contribution in [-0.2, 0) is 26.2 Å². The Kier molecular flexibility index (Phi) is 18.1. The number of aryl methyl sites for hydroxylation is 2. The Morgan fingerprint density at radius 1 is 0.520 bits per heavy atom. The SMILES string of the molecule is C1CCCC1.C1CCCC1.Cc1cnc(C)c(C=[C-][Si](C)(C)C)n1.[Zr+2].c1ccc([B-](c2ccccc2)(c2ccccc2)c2ccccc2)cc1. The zero-order chi connectivity index (χ0) is 34.8. The van der Waals surface area contributed by atoms with Crippen LogP contribution in [0.25, 0.3) is 6.08 Å². The van der Waals surface area contributed by atoms with E-state index in [1.54, 1.807) is 6.20 Å². The first kappa shape index (κ1) is 41.3. The van der Waals surface area contributed by atoms with Gasteiger partial charge in [0.25, 0.3) is 0 Å². The Balaban J connectivity index is 0.000000225. The van der Waals surface area contributed by atoms with E-state index in [0.717, 1.165) is 17.1 Å². The van der Waals surface area contributed by atoms with Crippen molar-refractivity contribution >= 4 is 42.1 Å². The smallest absolute Gasteiger partial charge is 0.345 e. The van der Waals surface area contributed by atoms with E-state index in [-0.39, 0.29) is 26.2 Å². The predicted molar refractivity (Wildman–Crippen MR) is 219 cm³/mol. The van der Waals surface area contributed by atoms with Gasteiger partial charge in [0, 0.05) is 11.9 Å². The molecular weight excluding hydrogens is 699 g/mol. The third-order valence-electron chi connectivity index (χ3n) is 9.45. The molecule has 0 unspecified atom stereocenters. The molecule has 2 nitrogen and oxygen atoms in total. The summed E-state index contributed by atoms with van der Waals surface area (Å²) in [7, 11) is -1.25. The molecule has 5 aromatic rings. The molecular formula is C45H57BN2SiZr. The zero-order valence-electron chi connectivity index (χ0n) is 31.2. The molecule has 0 atom stereocenters. The van der Waals surface area contributed by atoms with Gasteiger partial charge >= 0.3 is 26.2 Å². The van der Waals surface area contributed by atoms with Crippen molar-refractivity contribution in [3.8, 4) is 0 Å². The van der Waals surface area contributed by atoms with E-state index in [0.29, 0.717) is 0 Å². The van der Waals surface area contributed by atoms with Crippen molar-refractivity contribution in [2.24, 2.45) is 0 Å². The fraction of sp³-hybridized carbons (Fsp3) is 0.333. The average molecular weight is 756 g/mol.